The molecule has 0 aliphatic rings. The Morgan fingerprint density at radius 1 is 0.844 bits per heavy atom. The second-order valence-electron chi connectivity index (χ2n) is 8.82. The van der Waals surface area contributed by atoms with E-state index in [1.807, 2.05) is 11.8 Å². The lowest BCUT2D eigenvalue weighted by molar-refractivity contribution is -0.147. The van der Waals surface area contributed by atoms with E-state index in [9.17, 15) is 56.8 Å². The Balaban J connectivity index is 2.45. The van der Waals surface area contributed by atoms with Gasteiger partial charge in [-0.15, -0.1) is 5.11 Å². The summed E-state index contributed by atoms with van der Waals surface area (Å²) in [6.07, 6.45) is -8.67. The average molecular weight is 700 g/mol. The van der Waals surface area contributed by atoms with E-state index >= 15 is 0 Å². The second-order valence-corrected chi connectivity index (χ2v) is 12.0. The maximum atomic E-state index is 13.4. The predicted molar refractivity (Wildman–Crippen MR) is 140 cm³/mol. The molecule has 0 aromatic heterocycles. The van der Waals surface area contributed by atoms with Gasteiger partial charge in [0.2, 0.25) is 0 Å². The van der Waals surface area contributed by atoms with Crippen LogP contribution in [0.1, 0.15) is 13.8 Å². The maximum Gasteiger partial charge on any atom is 0.331 e. The van der Waals surface area contributed by atoms with Gasteiger partial charge < -0.3 is 9.64 Å². The molecule has 0 spiro atoms. The number of esters is 1. The molecule has 0 heterocycles. The van der Waals surface area contributed by atoms with Gasteiger partial charge in [-0.1, -0.05) is 0 Å². The molecule has 0 aliphatic heterocycles. The smallest absolute Gasteiger partial charge is 0.331 e. The summed E-state index contributed by atoms with van der Waals surface area (Å²) in [4.78, 5) is 10.2. The minimum atomic E-state index is -5.54. The molecule has 0 atom stereocenters. The standard InChI is InChI=1S/C24H25F8N3O8S2/c1-3-35(10-11-41-15(2)36)17-6-4-16(5-7-17)33-34-19-9-8-18(44(37,38)42-13-23(29,30)21(25)26)12-20(19)45(39,40)43-14-24(31,32)22(27)28/h4-9,12,21-22H,3,10-11,13-14H2,1-2H3. The van der Waals surface area contributed by atoms with E-state index in [1.165, 1.54) is 19.1 Å². The third-order valence-corrected chi connectivity index (χ3v) is 8.03. The highest BCUT2D eigenvalue weighted by molar-refractivity contribution is 7.87. The monoisotopic (exact) mass is 699 g/mol. The Hall–Kier alpha value is -3.43. The molecule has 0 fully saturated rings. The number of rotatable bonds is 17. The zero-order valence-corrected chi connectivity index (χ0v) is 24.8. The first kappa shape index (κ1) is 37.8. The van der Waals surface area contributed by atoms with E-state index in [1.54, 1.807) is 12.1 Å². The van der Waals surface area contributed by atoms with Gasteiger partial charge in [-0.2, -0.15) is 39.5 Å². The van der Waals surface area contributed by atoms with Crippen LogP contribution in [0.3, 0.4) is 0 Å². The first-order valence-electron chi connectivity index (χ1n) is 12.4. The van der Waals surface area contributed by atoms with E-state index in [0.29, 0.717) is 30.9 Å². The van der Waals surface area contributed by atoms with Crippen LogP contribution in [0.2, 0.25) is 0 Å². The van der Waals surface area contributed by atoms with E-state index in [0.717, 1.165) is 0 Å². The van der Waals surface area contributed by atoms with Gasteiger partial charge in [0.25, 0.3) is 20.2 Å². The number of halogens is 8. The van der Waals surface area contributed by atoms with Crippen LogP contribution >= 0.6 is 0 Å². The summed E-state index contributed by atoms with van der Waals surface area (Å²) in [6.45, 7) is -0.724. The number of carbonyl (C=O) groups excluding carboxylic acids is 1. The molecule has 0 radical (unpaired) electrons. The number of anilines is 1. The molecule has 11 nitrogen and oxygen atoms in total. The van der Waals surface area contributed by atoms with Crippen LogP contribution in [0.4, 0.5) is 52.2 Å². The van der Waals surface area contributed by atoms with Gasteiger partial charge in [0.1, 0.15) is 30.4 Å². The third-order valence-electron chi connectivity index (χ3n) is 5.48. The summed E-state index contributed by atoms with van der Waals surface area (Å²) in [7, 11) is -10.9. The molecular weight excluding hydrogens is 674 g/mol. The van der Waals surface area contributed by atoms with Crippen LogP contribution in [-0.2, 0) is 38.1 Å². The number of alkyl halides is 8. The fraction of sp³-hybridized carbons (Fsp3) is 0.458. The number of azo groups is 1. The number of hydrogen-bond acceptors (Lipinski definition) is 11. The maximum absolute atomic E-state index is 13.4. The van der Waals surface area contributed by atoms with Crippen LogP contribution in [0.5, 0.6) is 0 Å². The highest BCUT2D eigenvalue weighted by Gasteiger charge is 2.44. The van der Waals surface area contributed by atoms with Crippen molar-refractivity contribution in [1.82, 2.24) is 0 Å². The largest absolute Gasteiger partial charge is 0.464 e. The molecule has 21 heteroatoms. The lowest BCUT2D eigenvalue weighted by Gasteiger charge is -2.22. The number of benzene rings is 2. The van der Waals surface area contributed by atoms with Gasteiger partial charge in [0.15, 0.2) is 0 Å². The summed E-state index contributed by atoms with van der Waals surface area (Å²) >= 11 is 0. The van der Waals surface area contributed by atoms with Crippen LogP contribution in [0, 0.1) is 0 Å². The Bertz CT molecular complexity index is 1560. The summed E-state index contributed by atoms with van der Waals surface area (Å²) in [6, 6.07) is 7.21. The normalized spacial score (nSPS) is 13.2. The molecule has 0 saturated heterocycles. The van der Waals surface area contributed by atoms with Crippen LogP contribution in [-0.4, -0.2) is 80.4 Å². The van der Waals surface area contributed by atoms with Gasteiger partial charge >= 0.3 is 30.7 Å². The molecule has 2 aromatic rings. The van der Waals surface area contributed by atoms with Crippen molar-refractivity contribution in [2.24, 2.45) is 10.2 Å². The van der Waals surface area contributed by atoms with Crippen molar-refractivity contribution >= 4 is 43.3 Å². The highest BCUT2D eigenvalue weighted by atomic mass is 32.2. The topological polar surface area (TPSA) is 141 Å². The Morgan fingerprint density at radius 2 is 1.38 bits per heavy atom. The molecular formula is C24H25F8N3O8S2. The lowest BCUT2D eigenvalue weighted by Crippen LogP contribution is -2.33. The van der Waals surface area contributed by atoms with Gasteiger partial charge in [-0.05, 0) is 49.4 Å². The van der Waals surface area contributed by atoms with Crippen LogP contribution < -0.4 is 4.90 Å². The van der Waals surface area contributed by atoms with Crippen molar-refractivity contribution in [2.45, 2.75) is 48.3 Å². The van der Waals surface area contributed by atoms with E-state index < -0.39 is 79.6 Å². The van der Waals surface area contributed by atoms with E-state index in [-0.39, 0.29) is 18.4 Å². The molecule has 0 bridgehead atoms. The van der Waals surface area contributed by atoms with Crippen LogP contribution in [0.25, 0.3) is 0 Å². The molecule has 2 rings (SSSR count). The van der Waals surface area contributed by atoms with E-state index in [2.05, 4.69) is 18.6 Å². The van der Waals surface area contributed by atoms with Crippen molar-refractivity contribution in [1.29, 1.82) is 0 Å². The van der Waals surface area contributed by atoms with Crippen molar-refractivity contribution in [3.63, 3.8) is 0 Å². The lowest BCUT2D eigenvalue weighted by atomic mass is 10.2. The van der Waals surface area contributed by atoms with Gasteiger partial charge in [-0.3, -0.25) is 13.2 Å². The number of nitrogens with zero attached hydrogens (tertiary/aromatic N) is 3. The van der Waals surface area contributed by atoms with Gasteiger partial charge in [0, 0.05) is 19.2 Å². The van der Waals surface area contributed by atoms with Crippen molar-refractivity contribution in [2.75, 3.05) is 37.8 Å². The third kappa shape index (κ3) is 10.9. The summed E-state index contributed by atoms with van der Waals surface area (Å²) in [5, 5.41) is 7.39. The number of ether oxygens (including phenoxy) is 1. The molecule has 0 unspecified atom stereocenters. The summed E-state index contributed by atoms with van der Waals surface area (Å²) < 4.78 is 166. The summed E-state index contributed by atoms with van der Waals surface area (Å²) in [5.41, 5.74) is -0.0716. The SMILES string of the molecule is CCN(CCOC(C)=O)c1ccc(N=Nc2ccc(S(=O)(=O)OCC(F)(F)C(F)F)cc2S(=O)(=O)OCC(F)(F)C(F)F)cc1. The fourth-order valence-electron chi connectivity index (χ4n) is 3.11. The fourth-order valence-corrected chi connectivity index (χ4v) is 5.21. The Kier molecular flexibility index (Phi) is 12.8. The molecule has 252 valence electrons. The number of hydrogen-bond donors (Lipinski definition) is 0. The molecule has 0 saturated carbocycles. The Labute approximate surface area is 252 Å². The molecule has 45 heavy (non-hydrogen) atoms. The molecule has 2 aromatic carbocycles. The van der Waals surface area contributed by atoms with E-state index in [4.69, 9.17) is 4.74 Å². The van der Waals surface area contributed by atoms with Crippen molar-refractivity contribution < 1.29 is 69.9 Å². The highest BCUT2D eigenvalue weighted by Crippen LogP contribution is 2.34. The molecule has 0 N–H and O–H groups in total. The van der Waals surface area contributed by atoms with Crippen molar-refractivity contribution in [3.8, 4) is 0 Å². The minimum Gasteiger partial charge on any atom is -0.464 e. The Morgan fingerprint density at radius 3 is 1.87 bits per heavy atom. The van der Waals surface area contributed by atoms with Crippen molar-refractivity contribution in [3.05, 3.63) is 42.5 Å². The zero-order chi connectivity index (χ0) is 34.2. The average Bonchev–Trinajstić information content (AvgIpc) is 2.96. The molecule has 0 amide bonds. The van der Waals surface area contributed by atoms with Crippen LogP contribution in [0.15, 0.2) is 62.5 Å². The quantitative estimate of drug-likeness (QED) is 0.0880. The minimum absolute atomic E-state index is 0.0672. The van der Waals surface area contributed by atoms with Gasteiger partial charge in [-0.25, -0.2) is 17.6 Å². The second kappa shape index (κ2) is 15.2. The number of likely N-dealkylation sites (N-methyl/N-ethyl adjacent to an activating group) is 1. The summed E-state index contributed by atoms with van der Waals surface area (Å²) in [5.74, 6) is -10.4. The number of carbonyl (C=O) groups is 1. The predicted octanol–water partition coefficient (Wildman–Crippen LogP) is 5.70. The first-order chi connectivity index (χ1) is 20.7. The first-order valence-corrected chi connectivity index (χ1v) is 15.2. The van der Waals surface area contributed by atoms with Gasteiger partial charge in [0.05, 0.1) is 17.1 Å². The molecule has 0 aliphatic carbocycles. The zero-order valence-electron chi connectivity index (χ0n) is 23.2.